The minimum Gasteiger partial charge on any atom is -0.448 e. The van der Waals surface area contributed by atoms with Gasteiger partial charge in [0.1, 0.15) is 5.60 Å². The van der Waals surface area contributed by atoms with E-state index in [9.17, 15) is 9.59 Å². The molecular weight excluding hydrogens is 316 g/mol. The second-order valence-corrected chi connectivity index (χ2v) is 7.40. The number of hydrogen-bond acceptors (Lipinski definition) is 5. The Hall–Kier alpha value is -1.24. The number of ether oxygens (including phenoxy) is 2. The number of aliphatic imine (C=N–C) groups is 1. The Kier molecular flexibility index (Phi) is 7.88. The highest BCUT2D eigenvalue weighted by Crippen LogP contribution is 2.24. The zero-order valence-corrected chi connectivity index (χ0v) is 15.6. The van der Waals surface area contributed by atoms with E-state index in [1.54, 1.807) is 11.8 Å². The largest absolute Gasteiger partial charge is 0.448 e. The van der Waals surface area contributed by atoms with Crippen molar-refractivity contribution in [2.45, 2.75) is 52.6 Å². The lowest BCUT2D eigenvalue weighted by atomic mass is 9.94. The van der Waals surface area contributed by atoms with Crippen LogP contribution in [0.4, 0.5) is 9.59 Å². The summed E-state index contributed by atoms with van der Waals surface area (Å²) in [6.07, 6.45) is 3.67. The van der Waals surface area contributed by atoms with Crippen LogP contribution in [-0.4, -0.2) is 53.7 Å². The number of rotatable bonds is 3. The van der Waals surface area contributed by atoms with E-state index < -0.39 is 11.7 Å². The maximum atomic E-state index is 12.0. The van der Waals surface area contributed by atoms with Gasteiger partial charge in [0.05, 0.1) is 11.7 Å². The fraction of sp³-hybridized carbons (Fsp3) is 0.812. The number of hydrogen-bond donors (Lipinski definition) is 0. The standard InChI is InChI=1S/C16H28N2O4S/c1-6-21-14(19)17-13(23-5)11-12-7-9-18(10-8-12)15(20)22-16(2,3)4/h12H,6-11H2,1-5H3/b17-13-. The summed E-state index contributed by atoms with van der Waals surface area (Å²) >= 11 is 1.48. The van der Waals surface area contributed by atoms with Crippen LogP contribution in [0.3, 0.4) is 0 Å². The predicted molar refractivity (Wildman–Crippen MR) is 93.1 cm³/mol. The second kappa shape index (κ2) is 9.15. The molecule has 0 aromatic carbocycles. The van der Waals surface area contributed by atoms with Gasteiger partial charge in [-0.25, -0.2) is 9.59 Å². The van der Waals surface area contributed by atoms with Crippen LogP contribution in [0, 0.1) is 5.92 Å². The van der Waals surface area contributed by atoms with E-state index in [1.807, 2.05) is 27.0 Å². The normalized spacial score (nSPS) is 17.1. The predicted octanol–water partition coefficient (Wildman–Crippen LogP) is 3.94. The molecule has 132 valence electrons. The molecule has 7 heteroatoms. The molecule has 1 heterocycles. The molecule has 23 heavy (non-hydrogen) atoms. The summed E-state index contributed by atoms with van der Waals surface area (Å²) in [5.41, 5.74) is -0.466. The third-order valence-electron chi connectivity index (χ3n) is 3.45. The van der Waals surface area contributed by atoms with Crippen LogP contribution in [0.2, 0.25) is 0 Å². The lowest BCUT2D eigenvalue weighted by Crippen LogP contribution is -2.41. The van der Waals surface area contributed by atoms with Crippen molar-refractivity contribution in [3.63, 3.8) is 0 Å². The number of nitrogens with zero attached hydrogens (tertiary/aromatic N) is 2. The van der Waals surface area contributed by atoms with Crippen LogP contribution < -0.4 is 0 Å². The zero-order valence-electron chi connectivity index (χ0n) is 14.8. The Labute approximate surface area is 143 Å². The second-order valence-electron chi connectivity index (χ2n) is 6.52. The van der Waals surface area contributed by atoms with E-state index in [0.717, 1.165) is 24.3 Å². The van der Waals surface area contributed by atoms with Crippen LogP contribution in [-0.2, 0) is 9.47 Å². The van der Waals surface area contributed by atoms with Gasteiger partial charge in [0.25, 0.3) is 0 Å². The van der Waals surface area contributed by atoms with Crippen molar-refractivity contribution < 1.29 is 19.1 Å². The highest BCUT2D eigenvalue weighted by molar-refractivity contribution is 8.13. The molecule has 0 aromatic rings. The molecule has 0 N–H and O–H groups in total. The highest BCUT2D eigenvalue weighted by atomic mass is 32.2. The molecule has 0 saturated carbocycles. The molecule has 1 aliphatic rings. The van der Waals surface area contributed by atoms with E-state index in [0.29, 0.717) is 25.6 Å². The van der Waals surface area contributed by atoms with Crippen molar-refractivity contribution >= 4 is 29.0 Å². The maximum Gasteiger partial charge on any atom is 0.434 e. The first-order chi connectivity index (χ1) is 10.7. The van der Waals surface area contributed by atoms with Crippen LogP contribution in [0.5, 0.6) is 0 Å². The minimum absolute atomic E-state index is 0.249. The van der Waals surface area contributed by atoms with Gasteiger partial charge in [-0.1, -0.05) is 0 Å². The first-order valence-corrected chi connectivity index (χ1v) is 9.24. The van der Waals surface area contributed by atoms with Gasteiger partial charge < -0.3 is 14.4 Å². The van der Waals surface area contributed by atoms with Gasteiger partial charge in [0.15, 0.2) is 0 Å². The molecule has 1 saturated heterocycles. The van der Waals surface area contributed by atoms with Crippen molar-refractivity contribution in [3.05, 3.63) is 0 Å². The fourth-order valence-corrected chi connectivity index (χ4v) is 2.89. The number of carbonyl (C=O) groups excluding carboxylic acids is 2. The van der Waals surface area contributed by atoms with Crippen molar-refractivity contribution in [2.24, 2.45) is 10.9 Å². The van der Waals surface area contributed by atoms with Crippen LogP contribution >= 0.6 is 11.8 Å². The maximum absolute atomic E-state index is 12.0. The fourth-order valence-electron chi connectivity index (χ4n) is 2.33. The first kappa shape index (κ1) is 19.8. The monoisotopic (exact) mass is 344 g/mol. The molecule has 1 rings (SSSR count). The Morgan fingerprint density at radius 1 is 1.26 bits per heavy atom. The van der Waals surface area contributed by atoms with Gasteiger partial charge in [-0.05, 0) is 59.1 Å². The Morgan fingerprint density at radius 2 is 1.87 bits per heavy atom. The molecule has 0 unspecified atom stereocenters. The van der Waals surface area contributed by atoms with Gasteiger partial charge in [0.2, 0.25) is 0 Å². The average Bonchev–Trinajstić information content (AvgIpc) is 2.45. The third-order valence-corrected chi connectivity index (χ3v) is 4.18. The van der Waals surface area contributed by atoms with Gasteiger partial charge in [-0.15, -0.1) is 11.8 Å². The summed E-state index contributed by atoms with van der Waals surface area (Å²) < 4.78 is 10.2. The lowest BCUT2D eigenvalue weighted by molar-refractivity contribution is 0.0186. The van der Waals surface area contributed by atoms with Crippen molar-refractivity contribution in [1.82, 2.24) is 4.90 Å². The summed E-state index contributed by atoms with van der Waals surface area (Å²) in [5.74, 6) is 0.425. The average molecular weight is 344 g/mol. The molecule has 0 bridgehead atoms. The first-order valence-electron chi connectivity index (χ1n) is 8.01. The molecule has 6 nitrogen and oxygen atoms in total. The molecular formula is C16H28N2O4S. The molecule has 0 aliphatic carbocycles. The summed E-state index contributed by atoms with van der Waals surface area (Å²) in [5, 5.41) is 0.791. The quantitative estimate of drug-likeness (QED) is 0.573. The summed E-state index contributed by atoms with van der Waals surface area (Å²) in [7, 11) is 0. The van der Waals surface area contributed by atoms with Crippen LogP contribution in [0.25, 0.3) is 0 Å². The zero-order chi connectivity index (χ0) is 17.5. The molecule has 0 atom stereocenters. The van der Waals surface area contributed by atoms with Crippen molar-refractivity contribution in [3.8, 4) is 0 Å². The highest BCUT2D eigenvalue weighted by Gasteiger charge is 2.27. The van der Waals surface area contributed by atoms with E-state index in [1.165, 1.54) is 11.8 Å². The van der Waals surface area contributed by atoms with Gasteiger partial charge in [-0.3, -0.25) is 0 Å². The Morgan fingerprint density at radius 3 is 2.35 bits per heavy atom. The molecule has 0 aromatic heterocycles. The van der Waals surface area contributed by atoms with E-state index in [4.69, 9.17) is 9.47 Å². The topological polar surface area (TPSA) is 68.2 Å². The molecule has 2 amide bonds. The minimum atomic E-state index is -0.525. The van der Waals surface area contributed by atoms with E-state index in [2.05, 4.69) is 4.99 Å². The molecule has 1 fully saturated rings. The van der Waals surface area contributed by atoms with E-state index >= 15 is 0 Å². The number of carbonyl (C=O) groups is 2. The number of thioether (sulfide) groups is 1. The van der Waals surface area contributed by atoms with Crippen molar-refractivity contribution in [1.29, 1.82) is 0 Å². The van der Waals surface area contributed by atoms with E-state index in [-0.39, 0.29) is 6.09 Å². The summed E-state index contributed by atoms with van der Waals surface area (Å²) in [4.78, 5) is 29.2. The van der Waals surface area contributed by atoms with Crippen LogP contribution in [0.15, 0.2) is 4.99 Å². The molecule has 0 radical (unpaired) electrons. The molecule has 0 spiro atoms. The SMILES string of the molecule is CCOC(=O)/N=C(/CC1CCN(C(=O)OC(C)(C)C)CC1)SC. The smallest absolute Gasteiger partial charge is 0.434 e. The lowest BCUT2D eigenvalue weighted by Gasteiger charge is -2.33. The van der Waals surface area contributed by atoms with Crippen molar-refractivity contribution in [2.75, 3.05) is 26.0 Å². The number of likely N-dealkylation sites (tertiary alicyclic amines) is 1. The summed E-state index contributed by atoms with van der Waals surface area (Å²) in [6.45, 7) is 9.06. The summed E-state index contributed by atoms with van der Waals surface area (Å²) in [6, 6.07) is 0. The number of amides is 2. The van der Waals surface area contributed by atoms with Crippen LogP contribution in [0.1, 0.15) is 47.0 Å². The third kappa shape index (κ3) is 7.72. The Bertz CT molecular complexity index is 438. The van der Waals surface area contributed by atoms with Gasteiger partial charge in [-0.2, -0.15) is 4.99 Å². The Balaban J connectivity index is 2.46. The molecule has 1 aliphatic heterocycles. The van der Waals surface area contributed by atoms with Gasteiger partial charge in [0, 0.05) is 13.1 Å². The number of piperidine rings is 1. The van der Waals surface area contributed by atoms with Gasteiger partial charge >= 0.3 is 12.2 Å².